The zero-order chi connectivity index (χ0) is 14.7. The molecule has 1 N–H and O–H groups in total. The van der Waals surface area contributed by atoms with Gasteiger partial charge in [0, 0.05) is 22.2 Å². The molecule has 0 bridgehead atoms. The fourth-order valence-electron chi connectivity index (χ4n) is 2.22. The summed E-state index contributed by atoms with van der Waals surface area (Å²) in [6.45, 7) is 0. The summed E-state index contributed by atoms with van der Waals surface area (Å²) in [4.78, 5) is 5.32. The quantitative estimate of drug-likeness (QED) is 0.708. The number of aliphatic hydroxyl groups excluding tert-OH is 1. The van der Waals surface area contributed by atoms with Crippen LogP contribution in [-0.4, -0.2) is 15.8 Å². The van der Waals surface area contributed by atoms with E-state index in [1.807, 2.05) is 54.6 Å². The monoisotopic (exact) mass is 315 g/mol. The van der Waals surface area contributed by atoms with Gasteiger partial charge in [-0.2, -0.15) is 0 Å². The number of fused-ring (bicyclic) bond motifs is 1. The number of hydrogen-bond acceptors (Lipinski definition) is 3. The van der Waals surface area contributed by atoms with E-state index in [1.165, 1.54) is 11.8 Å². The van der Waals surface area contributed by atoms with Gasteiger partial charge in [0.15, 0.2) is 0 Å². The Morgan fingerprint density at radius 2 is 1.81 bits per heavy atom. The highest BCUT2D eigenvalue weighted by Gasteiger charge is 2.13. The van der Waals surface area contributed by atoms with Crippen LogP contribution in [0.5, 0.6) is 0 Å². The molecule has 0 aliphatic carbocycles. The van der Waals surface area contributed by atoms with E-state index in [0.29, 0.717) is 16.5 Å². The molecule has 1 atom stereocenters. The molecule has 106 valence electrons. The SMILES string of the molecule is OC(CSc1ccccc1Cl)c1nccc2ccccc12. The minimum absolute atomic E-state index is 0.519. The number of aromatic nitrogens is 1. The summed E-state index contributed by atoms with van der Waals surface area (Å²) < 4.78 is 0. The second kappa shape index (κ2) is 6.48. The number of thioether (sulfide) groups is 1. The van der Waals surface area contributed by atoms with Crippen LogP contribution >= 0.6 is 23.4 Å². The summed E-state index contributed by atoms with van der Waals surface area (Å²) in [7, 11) is 0. The van der Waals surface area contributed by atoms with Crippen LogP contribution in [0.25, 0.3) is 10.8 Å². The van der Waals surface area contributed by atoms with Gasteiger partial charge in [-0.3, -0.25) is 4.98 Å². The fourth-order valence-corrected chi connectivity index (χ4v) is 3.39. The van der Waals surface area contributed by atoms with Gasteiger partial charge in [0.25, 0.3) is 0 Å². The first-order valence-corrected chi connectivity index (χ1v) is 8.01. The van der Waals surface area contributed by atoms with Gasteiger partial charge >= 0.3 is 0 Å². The molecule has 1 unspecified atom stereocenters. The van der Waals surface area contributed by atoms with Crippen LogP contribution < -0.4 is 0 Å². The predicted molar refractivity (Wildman–Crippen MR) is 88.9 cm³/mol. The van der Waals surface area contributed by atoms with Crippen LogP contribution in [-0.2, 0) is 0 Å². The molecule has 2 nitrogen and oxygen atoms in total. The van der Waals surface area contributed by atoms with E-state index in [4.69, 9.17) is 11.6 Å². The van der Waals surface area contributed by atoms with Crippen LogP contribution in [0.15, 0.2) is 65.7 Å². The van der Waals surface area contributed by atoms with E-state index in [-0.39, 0.29) is 0 Å². The van der Waals surface area contributed by atoms with Crippen LogP contribution in [0.1, 0.15) is 11.8 Å². The van der Waals surface area contributed by atoms with Gasteiger partial charge in [0.05, 0.1) is 10.7 Å². The Morgan fingerprint density at radius 1 is 1.05 bits per heavy atom. The number of aliphatic hydroxyl groups is 1. The average Bonchev–Trinajstić information content (AvgIpc) is 2.53. The van der Waals surface area contributed by atoms with E-state index >= 15 is 0 Å². The summed E-state index contributed by atoms with van der Waals surface area (Å²) in [5.41, 5.74) is 0.715. The first kappa shape index (κ1) is 14.4. The topological polar surface area (TPSA) is 33.1 Å². The molecular weight excluding hydrogens is 302 g/mol. The summed E-state index contributed by atoms with van der Waals surface area (Å²) >= 11 is 7.67. The van der Waals surface area contributed by atoms with Crippen molar-refractivity contribution in [3.05, 3.63) is 71.5 Å². The van der Waals surface area contributed by atoms with Crippen LogP contribution in [0, 0.1) is 0 Å². The summed E-state index contributed by atoms with van der Waals surface area (Å²) in [6.07, 6.45) is 1.11. The Bertz CT molecular complexity index is 757. The largest absolute Gasteiger partial charge is 0.386 e. The molecule has 0 fully saturated rings. The highest BCUT2D eigenvalue weighted by molar-refractivity contribution is 7.99. The maximum absolute atomic E-state index is 10.4. The van der Waals surface area contributed by atoms with Crippen molar-refractivity contribution in [1.82, 2.24) is 4.98 Å². The fraction of sp³-hybridized carbons (Fsp3) is 0.118. The van der Waals surface area contributed by atoms with Crippen LogP contribution in [0.3, 0.4) is 0 Å². The summed E-state index contributed by atoms with van der Waals surface area (Å²) in [5, 5.41) is 13.2. The number of rotatable bonds is 4. The average molecular weight is 316 g/mol. The first-order valence-electron chi connectivity index (χ1n) is 6.65. The molecule has 0 aliphatic rings. The Hall–Kier alpha value is -1.55. The van der Waals surface area contributed by atoms with Crippen molar-refractivity contribution in [3.8, 4) is 0 Å². The Morgan fingerprint density at radius 3 is 2.67 bits per heavy atom. The minimum atomic E-state index is -0.627. The van der Waals surface area contributed by atoms with Gasteiger partial charge in [-0.1, -0.05) is 48.0 Å². The van der Waals surface area contributed by atoms with Gasteiger partial charge in [0.1, 0.15) is 6.10 Å². The number of benzene rings is 2. The van der Waals surface area contributed by atoms with Crippen molar-refractivity contribution in [3.63, 3.8) is 0 Å². The van der Waals surface area contributed by atoms with E-state index in [9.17, 15) is 5.11 Å². The predicted octanol–water partition coefficient (Wildman–Crippen LogP) is 4.71. The molecule has 0 aliphatic heterocycles. The van der Waals surface area contributed by atoms with E-state index in [2.05, 4.69) is 4.98 Å². The van der Waals surface area contributed by atoms with Crippen molar-refractivity contribution in [2.75, 3.05) is 5.75 Å². The lowest BCUT2D eigenvalue weighted by molar-refractivity contribution is 0.201. The van der Waals surface area contributed by atoms with E-state index < -0.39 is 6.10 Å². The van der Waals surface area contributed by atoms with Crippen molar-refractivity contribution >= 4 is 34.1 Å². The Labute approximate surface area is 132 Å². The second-order valence-corrected chi connectivity index (χ2v) is 6.14. The molecule has 0 radical (unpaired) electrons. The molecule has 0 saturated heterocycles. The Balaban J connectivity index is 1.81. The molecule has 1 aromatic heterocycles. The van der Waals surface area contributed by atoms with Gasteiger partial charge in [0.2, 0.25) is 0 Å². The molecule has 0 amide bonds. The van der Waals surface area contributed by atoms with Crippen molar-refractivity contribution in [1.29, 1.82) is 0 Å². The highest BCUT2D eigenvalue weighted by atomic mass is 35.5. The van der Waals surface area contributed by atoms with Crippen LogP contribution in [0.4, 0.5) is 0 Å². The third-order valence-electron chi connectivity index (χ3n) is 3.25. The highest BCUT2D eigenvalue weighted by Crippen LogP contribution is 2.31. The molecule has 0 spiro atoms. The molecule has 0 saturated carbocycles. The molecule has 4 heteroatoms. The van der Waals surface area contributed by atoms with E-state index in [0.717, 1.165) is 15.7 Å². The second-order valence-electron chi connectivity index (χ2n) is 4.67. The number of nitrogens with zero attached hydrogens (tertiary/aromatic N) is 1. The summed E-state index contributed by atoms with van der Waals surface area (Å²) in [5.74, 6) is 0.519. The van der Waals surface area contributed by atoms with Gasteiger partial charge in [-0.05, 0) is 23.6 Å². The number of halogens is 1. The maximum atomic E-state index is 10.4. The van der Waals surface area contributed by atoms with Crippen molar-refractivity contribution in [2.24, 2.45) is 0 Å². The molecular formula is C17H14ClNOS. The number of hydrogen-bond donors (Lipinski definition) is 1. The smallest absolute Gasteiger partial charge is 0.106 e. The molecule has 2 aromatic carbocycles. The zero-order valence-electron chi connectivity index (χ0n) is 11.2. The molecule has 1 heterocycles. The van der Waals surface area contributed by atoms with Gasteiger partial charge in [-0.25, -0.2) is 0 Å². The third-order valence-corrected chi connectivity index (χ3v) is 4.84. The molecule has 3 aromatic rings. The zero-order valence-corrected chi connectivity index (χ0v) is 12.8. The standard InChI is InChI=1S/C17H14ClNOS/c18-14-7-3-4-8-16(14)21-11-15(20)17-13-6-2-1-5-12(13)9-10-19-17/h1-10,15,20H,11H2. The lowest BCUT2D eigenvalue weighted by atomic mass is 10.1. The van der Waals surface area contributed by atoms with Crippen LogP contribution in [0.2, 0.25) is 5.02 Å². The lowest BCUT2D eigenvalue weighted by Crippen LogP contribution is -2.04. The van der Waals surface area contributed by atoms with Crippen molar-refractivity contribution < 1.29 is 5.11 Å². The van der Waals surface area contributed by atoms with Crippen molar-refractivity contribution in [2.45, 2.75) is 11.0 Å². The van der Waals surface area contributed by atoms with Gasteiger partial charge < -0.3 is 5.11 Å². The molecule has 21 heavy (non-hydrogen) atoms. The normalized spacial score (nSPS) is 12.5. The number of pyridine rings is 1. The maximum Gasteiger partial charge on any atom is 0.106 e. The third kappa shape index (κ3) is 3.21. The first-order chi connectivity index (χ1) is 10.3. The summed E-state index contributed by atoms with van der Waals surface area (Å²) in [6, 6.07) is 17.6. The lowest BCUT2D eigenvalue weighted by Gasteiger charge is -2.13. The van der Waals surface area contributed by atoms with E-state index in [1.54, 1.807) is 6.20 Å². The van der Waals surface area contributed by atoms with Gasteiger partial charge in [-0.15, -0.1) is 11.8 Å². The minimum Gasteiger partial charge on any atom is -0.386 e. The molecule has 3 rings (SSSR count). The Kier molecular flexibility index (Phi) is 4.44.